The van der Waals surface area contributed by atoms with Crippen molar-refractivity contribution < 1.29 is 0 Å². The van der Waals surface area contributed by atoms with E-state index in [0.717, 1.165) is 32.1 Å². The maximum atomic E-state index is 5.00. The molecule has 3 aromatic carbocycles. The lowest BCUT2D eigenvalue weighted by molar-refractivity contribution is 1.24. The zero-order chi connectivity index (χ0) is 18.2. The molecule has 138 valence electrons. The van der Waals surface area contributed by atoms with Gasteiger partial charge in [-0.25, -0.2) is 4.98 Å². The first kappa shape index (κ1) is 19.1. The molecule has 0 radical (unpaired) electrons. The number of hydrogen-bond acceptors (Lipinski definition) is 2. The number of halogens is 2. The molecule has 0 saturated heterocycles. The Kier molecular flexibility index (Phi) is 5.49. The van der Waals surface area contributed by atoms with Crippen LogP contribution in [0.4, 0.5) is 0 Å². The summed E-state index contributed by atoms with van der Waals surface area (Å²) in [6.45, 7) is 0. The Morgan fingerprint density at radius 2 is 1.32 bits per heavy atom. The van der Waals surface area contributed by atoms with Gasteiger partial charge < -0.3 is 0 Å². The molecule has 0 N–H and O–H groups in total. The average molecular weight is 512 g/mol. The summed E-state index contributed by atoms with van der Waals surface area (Å²) in [6, 6.07) is 29.4. The van der Waals surface area contributed by atoms with Gasteiger partial charge in [-0.2, -0.15) is 0 Å². The van der Waals surface area contributed by atoms with Crippen molar-refractivity contribution in [2.24, 2.45) is 0 Å². The highest BCUT2D eigenvalue weighted by Crippen LogP contribution is 2.38. The minimum absolute atomic E-state index is 0. The van der Waals surface area contributed by atoms with E-state index in [0.29, 0.717) is 0 Å². The van der Waals surface area contributed by atoms with E-state index < -0.39 is 0 Å². The number of fused-ring (bicyclic) bond motifs is 1. The topological polar surface area (TPSA) is 17.3 Å². The quantitative estimate of drug-likeness (QED) is 0.242. The molecular formula is C23H16Br2N2S. The fraction of sp³-hybridized carbons (Fsp3) is 0. The van der Waals surface area contributed by atoms with Gasteiger partial charge in [0, 0.05) is 21.0 Å². The summed E-state index contributed by atoms with van der Waals surface area (Å²) in [6.07, 6.45) is 0. The molecular weight excluding hydrogens is 496 g/mol. The minimum atomic E-state index is 0. The Bertz CT molecular complexity index is 1210. The van der Waals surface area contributed by atoms with Crippen molar-refractivity contribution in [3.63, 3.8) is 0 Å². The summed E-state index contributed by atoms with van der Waals surface area (Å²) >= 11 is 5.21. The molecule has 2 nitrogen and oxygen atoms in total. The second kappa shape index (κ2) is 8.03. The molecule has 0 aliphatic carbocycles. The number of thiazole rings is 1. The lowest BCUT2D eigenvalue weighted by Gasteiger charge is -2.08. The molecule has 0 unspecified atom stereocenters. The average Bonchev–Trinajstić information content (AvgIpc) is 3.29. The van der Waals surface area contributed by atoms with Crippen LogP contribution in [0.15, 0.2) is 94.8 Å². The molecule has 0 fully saturated rings. The van der Waals surface area contributed by atoms with Gasteiger partial charge in [-0.3, -0.25) is 4.40 Å². The summed E-state index contributed by atoms with van der Waals surface area (Å²) in [5.41, 5.74) is 6.80. The van der Waals surface area contributed by atoms with Gasteiger partial charge in [0.1, 0.15) is 0 Å². The maximum absolute atomic E-state index is 5.00. The van der Waals surface area contributed by atoms with Gasteiger partial charge in [0.2, 0.25) is 0 Å². The summed E-state index contributed by atoms with van der Waals surface area (Å²) in [5.74, 6) is 0. The van der Waals surface area contributed by atoms with Crippen molar-refractivity contribution in [2.75, 3.05) is 0 Å². The van der Waals surface area contributed by atoms with Crippen molar-refractivity contribution in [1.82, 2.24) is 9.38 Å². The lowest BCUT2D eigenvalue weighted by Crippen LogP contribution is -1.91. The van der Waals surface area contributed by atoms with Crippen LogP contribution < -0.4 is 0 Å². The predicted molar refractivity (Wildman–Crippen MR) is 127 cm³/mol. The van der Waals surface area contributed by atoms with E-state index >= 15 is 0 Å². The summed E-state index contributed by atoms with van der Waals surface area (Å²) in [7, 11) is 0. The minimum Gasteiger partial charge on any atom is -0.282 e. The zero-order valence-corrected chi connectivity index (χ0v) is 18.9. The number of imidazole rings is 1. The van der Waals surface area contributed by atoms with E-state index in [9.17, 15) is 0 Å². The van der Waals surface area contributed by atoms with Crippen molar-refractivity contribution in [3.05, 3.63) is 94.8 Å². The molecule has 5 rings (SSSR count). The Balaban J connectivity index is 0.00000192. The van der Waals surface area contributed by atoms with Crippen molar-refractivity contribution in [2.45, 2.75) is 0 Å². The van der Waals surface area contributed by atoms with Crippen LogP contribution in [-0.4, -0.2) is 9.38 Å². The first-order chi connectivity index (χ1) is 13.3. The number of rotatable bonds is 3. The zero-order valence-electron chi connectivity index (χ0n) is 14.7. The molecule has 5 heteroatoms. The van der Waals surface area contributed by atoms with Gasteiger partial charge in [-0.1, -0.05) is 88.7 Å². The SMILES string of the molecule is Br.Brc1ccc(-c2csc3nc(-c4ccccc4)c(-c4ccccc4)n23)cc1. The third kappa shape index (κ3) is 3.34. The predicted octanol–water partition coefficient (Wildman–Crippen LogP) is 7.74. The van der Waals surface area contributed by atoms with Gasteiger partial charge in [0.25, 0.3) is 0 Å². The number of benzene rings is 3. The molecule has 2 aromatic heterocycles. The Morgan fingerprint density at radius 1 is 0.714 bits per heavy atom. The number of nitrogens with zero attached hydrogens (tertiary/aromatic N) is 2. The highest BCUT2D eigenvalue weighted by atomic mass is 79.9. The Morgan fingerprint density at radius 3 is 1.96 bits per heavy atom. The van der Waals surface area contributed by atoms with Gasteiger partial charge in [-0.15, -0.1) is 28.3 Å². The van der Waals surface area contributed by atoms with Crippen LogP contribution in [0.2, 0.25) is 0 Å². The molecule has 0 spiro atoms. The molecule has 2 heterocycles. The third-order valence-corrected chi connectivity index (χ3v) is 5.95. The van der Waals surface area contributed by atoms with E-state index in [2.05, 4.69) is 98.5 Å². The van der Waals surface area contributed by atoms with Gasteiger partial charge in [0.15, 0.2) is 4.96 Å². The van der Waals surface area contributed by atoms with Gasteiger partial charge >= 0.3 is 0 Å². The first-order valence-corrected chi connectivity index (χ1v) is 10.4. The number of hydrogen-bond donors (Lipinski definition) is 0. The summed E-state index contributed by atoms with van der Waals surface area (Å²) in [5, 5.41) is 2.19. The van der Waals surface area contributed by atoms with Crippen LogP contribution in [0.3, 0.4) is 0 Å². The second-order valence-corrected chi connectivity index (χ2v) is 8.04. The largest absolute Gasteiger partial charge is 0.282 e. The first-order valence-electron chi connectivity index (χ1n) is 8.68. The fourth-order valence-corrected chi connectivity index (χ4v) is 4.50. The maximum Gasteiger partial charge on any atom is 0.195 e. The molecule has 0 aliphatic heterocycles. The summed E-state index contributed by atoms with van der Waals surface area (Å²) < 4.78 is 3.36. The molecule has 0 aliphatic rings. The van der Waals surface area contributed by atoms with Gasteiger partial charge in [-0.05, 0) is 17.7 Å². The van der Waals surface area contributed by atoms with E-state index in [1.165, 1.54) is 11.1 Å². The van der Waals surface area contributed by atoms with Gasteiger partial charge in [0.05, 0.1) is 17.1 Å². The van der Waals surface area contributed by atoms with Crippen LogP contribution in [0, 0.1) is 0 Å². The standard InChI is InChI=1S/C23H15BrN2S.BrH/c24-19-13-11-16(12-14-19)20-15-27-23-25-21(17-7-3-1-4-8-17)22(26(20)23)18-9-5-2-6-10-18;/h1-15H;1H. The number of aromatic nitrogens is 2. The van der Waals surface area contributed by atoms with E-state index in [-0.39, 0.29) is 17.0 Å². The molecule has 0 atom stereocenters. The van der Waals surface area contributed by atoms with E-state index in [1.54, 1.807) is 11.3 Å². The Hall–Kier alpha value is -2.21. The van der Waals surface area contributed by atoms with Crippen LogP contribution >= 0.6 is 44.2 Å². The molecule has 0 amide bonds. The van der Waals surface area contributed by atoms with Crippen molar-refractivity contribution in [1.29, 1.82) is 0 Å². The Labute approximate surface area is 186 Å². The monoisotopic (exact) mass is 510 g/mol. The van der Waals surface area contributed by atoms with Crippen LogP contribution in [0.5, 0.6) is 0 Å². The molecule has 0 bridgehead atoms. The van der Waals surface area contributed by atoms with Crippen LogP contribution in [-0.2, 0) is 0 Å². The van der Waals surface area contributed by atoms with Crippen molar-refractivity contribution >= 4 is 49.2 Å². The molecule has 0 saturated carbocycles. The smallest absolute Gasteiger partial charge is 0.195 e. The summed E-state index contributed by atoms with van der Waals surface area (Å²) in [4.78, 5) is 6.00. The van der Waals surface area contributed by atoms with E-state index in [1.807, 2.05) is 12.1 Å². The lowest BCUT2D eigenvalue weighted by atomic mass is 10.0. The van der Waals surface area contributed by atoms with Crippen molar-refractivity contribution in [3.8, 4) is 33.8 Å². The molecule has 28 heavy (non-hydrogen) atoms. The highest BCUT2D eigenvalue weighted by Gasteiger charge is 2.20. The highest BCUT2D eigenvalue weighted by molar-refractivity contribution is 9.10. The molecule has 5 aromatic rings. The third-order valence-electron chi connectivity index (χ3n) is 4.60. The van der Waals surface area contributed by atoms with E-state index in [4.69, 9.17) is 4.98 Å². The second-order valence-electron chi connectivity index (χ2n) is 6.29. The van der Waals surface area contributed by atoms with Crippen LogP contribution in [0.25, 0.3) is 38.7 Å². The normalized spacial score (nSPS) is 10.8. The van der Waals surface area contributed by atoms with Crippen LogP contribution in [0.1, 0.15) is 0 Å². The fourth-order valence-electron chi connectivity index (χ4n) is 3.34.